The number of benzene rings is 1. The van der Waals surface area contributed by atoms with E-state index in [1.54, 1.807) is 18.2 Å². The average molecular weight is 369 g/mol. The summed E-state index contributed by atoms with van der Waals surface area (Å²) in [6.45, 7) is 2.04. The summed E-state index contributed by atoms with van der Waals surface area (Å²) in [6.07, 6.45) is 4.46. The number of furan rings is 1. The van der Waals surface area contributed by atoms with Crippen molar-refractivity contribution in [3.63, 3.8) is 0 Å². The summed E-state index contributed by atoms with van der Waals surface area (Å²) >= 11 is 6.56. The Labute approximate surface area is 154 Å². The first-order chi connectivity index (χ1) is 12.1. The molecule has 0 saturated heterocycles. The minimum Gasteiger partial charge on any atom is -0.465 e. The van der Waals surface area contributed by atoms with Crippen molar-refractivity contribution in [2.75, 3.05) is 5.32 Å². The molecule has 1 aromatic carbocycles. The smallest absolute Gasteiger partial charge is 0.250 e. The third-order valence-corrected chi connectivity index (χ3v) is 4.21. The van der Waals surface area contributed by atoms with Crippen LogP contribution in [0.3, 0.4) is 0 Å². The minimum absolute atomic E-state index is 0.193. The second-order valence-corrected chi connectivity index (χ2v) is 6.46. The maximum atomic E-state index is 11.8. The SMILES string of the molecule is Cc1ccc(-c2csc(NC(=S)NC(=O)/C=C/c3ccco3)n2)cc1. The summed E-state index contributed by atoms with van der Waals surface area (Å²) in [7, 11) is 0. The molecule has 126 valence electrons. The molecule has 0 saturated carbocycles. The van der Waals surface area contributed by atoms with Crippen molar-refractivity contribution < 1.29 is 9.21 Å². The van der Waals surface area contributed by atoms with Crippen molar-refractivity contribution in [2.45, 2.75) is 6.92 Å². The van der Waals surface area contributed by atoms with Crippen LogP contribution in [-0.4, -0.2) is 16.0 Å². The summed E-state index contributed by atoms with van der Waals surface area (Å²) in [5, 5.41) is 8.24. The van der Waals surface area contributed by atoms with Gasteiger partial charge in [0.2, 0.25) is 5.91 Å². The maximum absolute atomic E-state index is 11.8. The van der Waals surface area contributed by atoms with Crippen molar-refractivity contribution >= 4 is 45.8 Å². The highest BCUT2D eigenvalue weighted by atomic mass is 32.1. The number of hydrogen-bond donors (Lipinski definition) is 2. The molecule has 0 aliphatic heterocycles. The molecule has 3 rings (SSSR count). The molecule has 2 N–H and O–H groups in total. The quantitative estimate of drug-likeness (QED) is 0.532. The predicted molar refractivity (Wildman–Crippen MR) is 104 cm³/mol. The van der Waals surface area contributed by atoms with E-state index in [-0.39, 0.29) is 11.0 Å². The Morgan fingerprint density at radius 3 is 2.80 bits per heavy atom. The molecular formula is C18H15N3O2S2. The predicted octanol–water partition coefficient (Wildman–Crippen LogP) is 4.24. The first-order valence-electron chi connectivity index (χ1n) is 7.46. The van der Waals surface area contributed by atoms with Crippen LogP contribution in [0.25, 0.3) is 17.3 Å². The number of hydrogen-bond acceptors (Lipinski definition) is 5. The van der Waals surface area contributed by atoms with Crippen LogP contribution in [0.4, 0.5) is 5.13 Å². The van der Waals surface area contributed by atoms with Gasteiger partial charge in [-0.05, 0) is 37.4 Å². The molecule has 3 aromatic rings. The van der Waals surface area contributed by atoms with Gasteiger partial charge in [-0.1, -0.05) is 29.8 Å². The van der Waals surface area contributed by atoms with Gasteiger partial charge in [0.15, 0.2) is 10.2 Å². The molecule has 0 spiro atoms. The largest absolute Gasteiger partial charge is 0.465 e. The molecule has 0 bridgehead atoms. The van der Waals surface area contributed by atoms with Crippen LogP contribution in [0.5, 0.6) is 0 Å². The molecule has 25 heavy (non-hydrogen) atoms. The molecule has 0 atom stereocenters. The van der Waals surface area contributed by atoms with Crippen molar-refractivity contribution in [1.29, 1.82) is 0 Å². The van der Waals surface area contributed by atoms with Crippen LogP contribution in [0.1, 0.15) is 11.3 Å². The van der Waals surface area contributed by atoms with Gasteiger partial charge in [-0.25, -0.2) is 4.98 Å². The number of rotatable bonds is 4. The molecule has 2 aromatic heterocycles. The summed E-state index contributed by atoms with van der Waals surface area (Å²) in [5.41, 5.74) is 3.09. The van der Waals surface area contributed by atoms with Crippen molar-refractivity contribution in [3.05, 3.63) is 65.4 Å². The highest BCUT2D eigenvalue weighted by molar-refractivity contribution is 7.80. The van der Waals surface area contributed by atoms with Gasteiger partial charge in [0.25, 0.3) is 0 Å². The van der Waals surface area contributed by atoms with Gasteiger partial charge >= 0.3 is 0 Å². The lowest BCUT2D eigenvalue weighted by Gasteiger charge is -2.04. The maximum Gasteiger partial charge on any atom is 0.250 e. The second-order valence-electron chi connectivity index (χ2n) is 5.20. The number of nitrogens with zero attached hydrogens (tertiary/aromatic N) is 1. The first kappa shape index (κ1) is 17.1. The van der Waals surface area contributed by atoms with Crippen LogP contribution in [-0.2, 0) is 4.79 Å². The van der Waals surface area contributed by atoms with Crippen LogP contribution in [0, 0.1) is 6.92 Å². The summed E-state index contributed by atoms with van der Waals surface area (Å²) in [4.78, 5) is 16.3. The van der Waals surface area contributed by atoms with Crippen molar-refractivity contribution in [1.82, 2.24) is 10.3 Å². The van der Waals surface area contributed by atoms with Gasteiger partial charge in [-0.2, -0.15) is 0 Å². The van der Waals surface area contributed by atoms with Crippen molar-refractivity contribution in [2.24, 2.45) is 0 Å². The number of carbonyl (C=O) groups is 1. The standard InChI is InChI=1S/C18H15N3O2S2/c1-12-4-6-13(7-5-12)15-11-25-18(19-15)21-17(24)20-16(22)9-8-14-3-2-10-23-14/h2-11H,1H3,(H2,19,20,21,22,24)/b9-8+. The number of amides is 1. The van der Waals surface area contributed by atoms with Crippen LogP contribution in [0.15, 0.2) is 58.5 Å². The number of anilines is 1. The van der Waals surface area contributed by atoms with E-state index in [9.17, 15) is 4.79 Å². The fourth-order valence-corrected chi connectivity index (χ4v) is 3.00. The van der Waals surface area contributed by atoms with Gasteiger partial charge in [0, 0.05) is 17.0 Å². The summed E-state index contributed by atoms with van der Waals surface area (Å²) < 4.78 is 5.11. The number of thiocarbonyl (C=S) groups is 1. The molecule has 0 fully saturated rings. The lowest BCUT2D eigenvalue weighted by Crippen LogP contribution is -2.32. The fourth-order valence-electron chi connectivity index (χ4n) is 2.01. The Kier molecular flexibility index (Phi) is 5.37. The highest BCUT2D eigenvalue weighted by Gasteiger charge is 2.07. The third-order valence-electron chi connectivity index (χ3n) is 3.25. The van der Waals surface area contributed by atoms with Crippen LogP contribution >= 0.6 is 23.6 Å². The van der Waals surface area contributed by atoms with E-state index in [0.717, 1.165) is 11.3 Å². The molecule has 2 heterocycles. The third kappa shape index (κ3) is 4.85. The Morgan fingerprint density at radius 2 is 2.08 bits per heavy atom. The molecular weight excluding hydrogens is 354 g/mol. The molecule has 0 unspecified atom stereocenters. The van der Waals surface area contributed by atoms with Gasteiger partial charge in [-0.15, -0.1) is 11.3 Å². The lowest BCUT2D eigenvalue weighted by molar-refractivity contribution is -0.115. The number of nitrogens with one attached hydrogen (secondary N) is 2. The fraction of sp³-hybridized carbons (Fsp3) is 0.0556. The topological polar surface area (TPSA) is 67.2 Å². The summed E-state index contributed by atoms with van der Waals surface area (Å²) in [6, 6.07) is 11.6. The minimum atomic E-state index is -0.343. The van der Waals surface area contributed by atoms with E-state index >= 15 is 0 Å². The van der Waals surface area contributed by atoms with E-state index in [1.165, 1.54) is 29.2 Å². The normalized spacial score (nSPS) is 10.8. The van der Waals surface area contributed by atoms with Crippen LogP contribution in [0.2, 0.25) is 0 Å². The molecule has 7 heteroatoms. The van der Waals surface area contributed by atoms with E-state index in [2.05, 4.69) is 15.6 Å². The molecule has 0 radical (unpaired) electrons. The molecule has 1 amide bonds. The zero-order valence-electron chi connectivity index (χ0n) is 13.4. The number of aryl methyl sites for hydroxylation is 1. The Balaban J connectivity index is 1.56. The highest BCUT2D eigenvalue weighted by Crippen LogP contribution is 2.25. The van der Waals surface area contributed by atoms with E-state index in [1.807, 2.05) is 36.6 Å². The second kappa shape index (κ2) is 7.87. The van der Waals surface area contributed by atoms with Crippen LogP contribution < -0.4 is 10.6 Å². The lowest BCUT2D eigenvalue weighted by atomic mass is 10.1. The zero-order chi connectivity index (χ0) is 17.6. The Morgan fingerprint density at radius 1 is 1.28 bits per heavy atom. The number of aromatic nitrogens is 1. The molecule has 5 nitrogen and oxygen atoms in total. The Hall–Kier alpha value is -2.77. The van der Waals surface area contributed by atoms with E-state index in [4.69, 9.17) is 16.6 Å². The molecule has 0 aliphatic carbocycles. The van der Waals surface area contributed by atoms with Gasteiger partial charge in [-0.3, -0.25) is 10.1 Å². The van der Waals surface area contributed by atoms with E-state index < -0.39 is 0 Å². The average Bonchev–Trinajstić information content (AvgIpc) is 3.25. The van der Waals surface area contributed by atoms with Gasteiger partial charge < -0.3 is 9.73 Å². The number of carbonyl (C=O) groups excluding carboxylic acids is 1. The zero-order valence-corrected chi connectivity index (χ0v) is 15.0. The van der Waals surface area contributed by atoms with Gasteiger partial charge in [0.1, 0.15) is 5.76 Å². The van der Waals surface area contributed by atoms with E-state index in [0.29, 0.717) is 10.9 Å². The number of thiazole rings is 1. The summed E-state index contributed by atoms with van der Waals surface area (Å²) in [5.74, 6) is 0.251. The molecule has 0 aliphatic rings. The Bertz CT molecular complexity index is 897. The van der Waals surface area contributed by atoms with Crippen molar-refractivity contribution in [3.8, 4) is 11.3 Å². The monoisotopic (exact) mass is 369 g/mol. The van der Waals surface area contributed by atoms with Gasteiger partial charge in [0.05, 0.1) is 12.0 Å². The first-order valence-corrected chi connectivity index (χ1v) is 8.75.